The fraction of sp³-hybridized carbons (Fsp3) is 0.357. The molecule has 1 aromatic heterocycles. The van der Waals surface area contributed by atoms with E-state index in [1.54, 1.807) is 0 Å². The van der Waals surface area contributed by atoms with E-state index in [4.69, 9.17) is 10.5 Å². The van der Waals surface area contributed by atoms with E-state index in [9.17, 15) is 9.59 Å². The second-order valence-electron chi connectivity index (χ2n) is 4.69. The highest BCUT2D eigenvalue weighted by Gasteiger charge is 2.20. The fourth-order valence-electron chi connectivity index (χ4n) is 1.98. The van der Waals surface area contributed by atoms with Gasteiger partial charge in [-0.1, -0.05) is 6.07 Å². The zero-order valence-electron chi connectivity index (χ0n) is 12.0. The fourth-order valence-corrected chi connectivity index (χ4v) is 2.77. The van der Waals surface area contributed by atoms with E-state index in [0.717, 1.165) is 40.0 Å². The lowest BCUT2D eigenvalue weighted by molar-refractivity contribution is -0.116. The van der Waals surface area contributed by atoms with Gasteiger partial charge in [-0.05, 0) is 31.7 Å². The number of rotatable bonds is 4. The quantitative estimate of drug-likeness (QED) is 0.679. The van der Waals surface area contributed by atoms with Gasteiger partial charge in [0.1, 0.15) is 5.82 Å². The Morgan fingerprint density at radius 1 is 1.57 bits per heavy atom. The number of aromatic nitrogens is 1. The average Bonchev–Trinajstić information content (AvgIpc) is 2.46. The standard InChI is InChI=1S/C14H17N3O3S/c1-9-3-4-11(13(15)16-9)7-17(8-18)10(2)12-5-6-20-14(19)21-12/h3-4,8H,5-7H2,1-2H3,(H2,15,16)/b12-10-. The summed E-state index contributed by atoms with van der Waals surface area (Å²) in [5.41, 5.74) is 8.22. The van der Waals surface area contributed by atoms with Crippen molar-refractivity contribution in [3.8, 4) is 0 Å². The summed E-state index contributed by atoms with van der Waals surface area (Å²) in [4.78, 5) is 29.2. The Hall–Kier alpha value is -2.02. The van der Waals surface area contributed by atoms with Crippen molar-refractivity contribution in [2.45, 2.75) is 26.8 Å². The lowest BCUT2D eigenvalue weighted by atomic mass is 10.2. The van der Waals surface area contributed by atoms with Gasteiger partial charge in [-0.3, -0.25) is 4.79 Å². The van der Waals surface area contributed by atoms with Gasteiger partial charge in [-0.2, -0.15) is 0 Å². The SMILES string of the molecule is C/C(=C1\CCOC(=O)S1)N(C=O)Cc1ccc(C)nc1N. The second-order valence-corrected chi connectivity index (χ2v) is 5.72. The molecule has 7 heteroatoms. The zero-order valence-corrected chi connectivity index (χ0v) is 12.8. The van der Waals surface area contributed by atoms with Crippen LogP contribution in [-0.4, -0.2) is 28.2 Å². The molecule has 0 aromatic carbocycles. The molecule has 0 bridgehead atoms. The largest absolute Gasteiger partial charge is 0.457 e. The number of nitrogen functional groups attached to an aromatic ring is 1. The number of ether oxygens (including phenoxy) is 1. The van der Waals surface area contributed by atoms with Crippen LogP contribution >= 0.6 is 11.8 Å². The number of nitrogens with zero attached hydrogens (tertiary/aromatic N) is 2. The van der Waals surface area contributed by atoms with E-state index < -0.39 is 0 Å². The summed E-state index contributed by atoms with van der Waals surface area (Å²) in [6.45, 7) is 4.34. The highest BCUT2D eigenvalue weighted by molar-refractivity contribution is 8.16. The molecule has 2 rings (SSSR count). The van der Waals surface area contributed by atoms with Crippen LogP contribution in [0.25, 0.3) is 0 Å². The molecule has 112 valence electrons. The number of amides is 1. The van der Waals surface area contributed by atoms with Crippen molar-refractivity contribution >= 4 is 29.3 Å². The Kier molecular flexibility index (Phi) is 4.85. The van der Waals surface area contributed by atoms with Gasteiger partial charge in [0, 0.05) is 28.3 Å². The number of carbonyl (C=O) groups excluding carboxylic acids is 2. The molecule has 1 aromatic rings. The van der Waals surface area contributed by atoms with Crippen LogP contribution in [0.3, 0.4) is 0 Å². The van der Waals surface area contributed by atoms with Crippen molar-refractivity contribution in [3.63, 3.8) is 0 Å². The van der Waals surface area contributed by atoms with Crippen LogP contribution in [0.5, 0.6) is 0 Å². The van der Waals surface area contributed by atoms with Gasteiger partial charge >= 0.3 is 5.30 Å². The molecule has 1 fully saturated rings. The molecule has 6 nitrogen and oxygen atoms in total. The van der Waals surface area contributed by atoms with Crippen molar-refractivity contribution in [1.29, 1.82) is 0 Å². The smallest absolute Gasteiger partial charge is 0.371 e. The monoisotopic (exact) mass is 307 g/mol. The lowest BCUT2D eigenvalue weighted by Gasteiger charge is -2.23. The summed E-state index contributed by atoms with van der Waals surface area (Å²) in [5, 5.41) is -0.335. The number of thioether (sulfide) groups is 1. The van der Waals surface area contributed by atoms with Crippen molar-refractivity contribution in [2.24, 2.45) is 0 Å². The van der Waals surface area contributed by atoms with E-state index >= 15 is 0 Å². The molecular formula is C14H17N3O3S. The van der Waals surface area contributed by atoms with Crippen LogP contribution < -0.4 is 5.73 Å². The van der Waals surface area contributed by atoms with Crippen LogP contribution in [0.1, 0.15) is 24.6 Å². The first-order valence-electron chi connectivity index (χ1n) is 6.49. The Morgan fingerprint density at radius 3 is 2.95 bits per heavy atom. The molecule has 1 aliphatic heterocycles. The normalized spacial score (nSPS) is 17.1. The van der Waals surface area contributed by atoms with Gasteiger partial charge in [0.15, 0.2) is 0 Å². The summed E-state index contributed by atoms with van der Waals surface area (Å²) >= 11 is 1.03. The third-order valence-electron chi connectivity index (χ3n) is 3.21. The third kappa shape index (κ3) is 3.75. The molecule has 0 atom stereocenters. The van der Waals surface area contributed by atoms with Crippen LogP contribution in [0.15, 0.2) is 22.7 Å². The Balaban J connectivity index is 2.21. The van der Waals surface area contributed by atoms with Crippen LogP contribution in [-0.2, 0) is 16.1 Å². The maximum atomic E-state index is 11.4. The number of allylic oxidation sites excluding steroid dienone is 1. The molecule has 0 unspecified atom stereocenters. The topological polar surface area (TPSA) is 85.5 Å². The predicted molar refractivity (Wildman–Crippen MR) is 81.2 cm³/mol. The Bertz CT molecular complexity index is 601. The number of cyclic esters (lactones) is 1. The number of hydrogen-bond donors (Lipinski definition) is 1. The van der Waals surface area contributed by atoms with E-state index in [-0.39, 0.29) is 5.30 Å². The second kappa shape index (κ2) is 6.62. The molecule has 2 heterocycles. The summed E-state index contributed by atoms with van der Waals surface area (Å²) in [5.74, 6) is 0.412. The predicted octanol–water partition coefficient (Wildman–Crippen LogP) is 2.44. The van der Waals surface area contributed by atoms with Crippen LogP contribution in [0, 0.1) is 6.92 Å². The number of carbonyl (C=O) groups is 2. The molecule has 1 saturated heterocycles. The zero-order chi connectivity index (χ0) is 15.4. The maximum absolute atomic E-state index is 11.4. The molecular weight excluding hydrogens is 290 g/mol. The molecule has 0 radical (unpaired) electrons. The lowest BCUT2D eigenvalue weighted by Crippen LogP contribution is -2.23. The van der Waals surface area contributed by atoms with Gasteiger partial charge in [0.2, 0.25) is 6.41 Å². The first kappa shape index (κ1) is 15.4. The highest BCUT2D eigenvalue weighted by Crippen LogP contribution is 2.31. The average molecular weight is 307 g/mol. The molecule has 0 aliphatic carbocycles. The molecule has 1 amide bonds. The Morgan fingerprint density at radius 2 is 2.33 bits per heavy atom. The van der Waals surface area contributed by atoms with Gasteiger partial charge < -0.3 is 15.4 Å². The molecule has 1 aliphatic rings. The minimum absolute atomic E-state index is 0.327. The van der Waals surface area contributed by atoms with Gasteiger partial charge in [0.25, 0.3) is 0 Å². The van der Waals surface area contributed by atoms with Gasteiger partial charge in [-0.25, -0.2) is 9.78 Å². The van der Waals surface area contributed by atoms with E-state index in [2.05, 4.69) is 4.98 Å². The summed E-state index contributed by atoms with van der Waals surface area (Å²) in [6.07, 6.45) is 1.36. The molecule has 0 spiro atoms. The molecule has 2 N–H and O–H groups in total. The van der Waals surface area contributed by atoms with Crippen LogP contribution in [0.2, 0.25) is 0 Å². The number of aryl methyl sites for hydroxylation is 1. The number of nitrogens with two attached hydrogens (primary N) is 1. The third-order valence-corrected chi connectivity index (χ3v) is 4.24. The summed E-state index contributed by atoms with van der Waals surface area (Å²) in [7, 11) is 0. The van der Waals surface area contributed by atoms with Crippen molar-refractivity contribution < 1.29 is 14.3 Å². The first-order chi connectivity index (χ1) is 10.0. The number of hydrogen-bond acceptors (Lipinski definition) is 6. The highest BCUT2D eigenvalue weighted by atomic mass is 32.2. The van der Waals surface area contributed by atoms with E-state index in [0.29, 0.717) is 25.4 Å². The maximum Gasteiger partial charge on any atom is 0.371 e. The number of pyridine rings is 1. The summed E-state index contributed by atoms with van der Waals surface area (Å²) < 4.78 is 4.88. The first-order valence-corrected chi connectivity index (χ1v) is 7.31. The van der Waals surface area contributed by atoms with Gasteiger partial charge in [0.05, 0.1) is 13.2 Å². The van der Waals surface area contributed by atoms with Crippen molar-refractivity contribution in [1.82, 2.24) is 9.88 Å². The minimum Gasteiger partial charge on any atom is -0.457 e. The molecule has 21 heavy (non-hydrogen) atoms. The Labute approximate surface area is 127 Å². The molecule has 0 saturated carbocycles. The van der Waals surface area contributed by atoms with E-state index in [1.165, 1.54) is 4.90 Å². The van der Waals surface area contributed by atoms with Crippen molar-refractivity contribution in [2.75, 3.05) is 12.3 Å². The van der Waals surface area contributed by atoms with E-state index in [1.807, 2.05) is 26.0 Å². The van der Waals surface area contributed by atoms with Crippen LogP contribution in [0.4, 0.5) is 10.6 Å². The van der Waals surface area contributed by atoms with Gasteiger partial charge in [-0.15, -0.1) is 0 Å². The minimum atomic E-state index is -0.335. The number of anilines is 1. The van der Waals surface area contributed by atoms with Crippen molar-refractivity contribution in [3.05, 3.63) is 34.0 Å². The summed E-state index contributed by atoms with van der Waals surface area (Å²) in [6, 6.07) is 3.71.